The molecule has 1 saturated carbocycles. The summed E-state index contributed by atoms with van der Waals surface area (Å²) in [7, 11) is 0. The lowest BCUT2D eigenvalue weighted by atomic mass is 10.3. The Morgan fingerprint density at radius 1 is 1.67 bits per heavy atom. The Balaban J connectivity index is 1.80. The Hall–Kier alpha value is -1.33. The lowest BCUT2D eigenvalue weighted by Crippen LogP contribution is -2.29. The third-order valence-corrected chi connectivity index (χ3v) is 2.34. The van der Waals surface area contributed by atoms with E-state index in [1.165, 1.54) is 19.1 Å². The van der Waals surface area contributed by atoms with Crippen molar-refractivity contribution in [1.29, 1.82) is 0 Å². The molecule has 2 rings (SSSR count). The van der Waals surface area contributed by atoms with Crippen LogP contribution in [0.25, 0.3) is 0 Å². The molecule has 3 N–H and O–H groups in total. The first-order valence-electron chi connectivity index (χ1n) is 4.95. The van der Waals surface area contributed by atoms with E-state index < -0.39 is 0 Å². The number of nitrogens with two attached hydrogens (primary N) is 1. The number of hydrogen-bond donors (Lipinski definition) is 2. The van der Waals surface area contributed by atoms with Crippen LogP contribution in [0.1, 0.15) is 29.0 Å². The minimum Gasteiger partial charge on any atom is -0.466 e. The largest absolute Gasteiger partial charge is 0.466 e. The van der Waals surface area contributed by atoms with Crippen molar-refractivity contribution in [3.8, 4) is 0 Å². The molecule has 0 atom stereocenters. The Labute approximate surface area is 87.5 Å². The Morgan fingerprint density at radius 3 is 3.13 bits per heavy atom. The molecule has 0 unspecified atom stereocenters. The first-order chi connectivity index (χ1) is 7.29. The topological polar surface area (TPSA) is 77.5 Å². The fraction of sp³-hybridized carbons (Fsp3) is 0.500. The summed E-state index contributed by atoms with van der Waals surface area (Å²) in [6, 6.07) is 1.63. The maximum Gasteiger partial charge on any atom is 0.268 e. The van der Waals surface area contributed by atoms with E-state index >= 15 is 0 Å². The van der Waals surface area contributed by atoms with Crippen LogP contribution in [-0.2, 0) is 11.3 Å². The molecular weight excluding hydrogens is 196 g/mol. The minimum absolute atomic E-state index is 0.354. The van der Waals surface area contributed by atoms with Gasteiger partial charge >= 0.3 is 0 Å². The van der Waals surface area contributed by atoms with Gasteiger partial charge in [-0.2, -0.15) is 0 Å². The van der Waals surface area contributed by atoms with Crippen LogP contribution < -0.4 is 11.3 Å². The predicted octanol–water partition coefficient (Wildman–Crippen LogP) is 0.810. The number of nitrogens with one attached hydrogen (secondary N) is 1. The summed E-state index contributed by atoms with van der Waals surface area (Å²) in [5.41, 5.74) is 2.46. The Bertz CT molecular complexity index is 344. The van der Waals surface area contributed by atoms with Crippen LogP contribution in [0.15, 0.2) is 16.7 Å². The number of hydrogen-bond acceptors (Lipinski definition) is 4. The molecule has 1 aliphatic rings. The molecule has 5 heteroatoms. The average Bonchev–Trinajstić information content (AvgIpc) is 2.94. The van der Waals surface area contributed by atoms with Crippen LogP contribution >= 0.6 is 0 Å². The highest BCUT2D eigenvalue weighted by Gasteiger charge is 2.21. The van der Waals surface area contributed by atoms with Crippen LogP contribution in [0, 0.1) is 5.92 Å². The summed E-state index contributed by atoms with van der Waals surface area (Å²) < 4.78 is 10.6. The highest BCUT2D eigenvalue weighted by Crippen LogP contribution is 2.29. The monoisotopic (exact) mass is 210 g/mol. The van der Waals surface area contributed by atoms with E-state index in [2.05, 4.69) is 0 Å². The van der Waals surface area contributed by atoms with Crippen LogP contribution in [-0.4, -0.2) is 12.5 Å². The molecule has 0 radical (unpaired) electrons. The van der Waals surface area contributed by atoms with Gasteiger partial charge in [-0.15, -0.1) is 0 Å². The van der Waals surface area contributed by atoms with Gasteiger partial charge in [0.15, 0.2) is 0 Å². The van der Waals surface area contributed by atoms with Crippen LogP contribution in [0.5, 0.6) is 0 Å². The average molecular weight is 210 g/mol. The number of rotatable bonds is 5. The summed E-state index contributed by atoms with van der Waals surface area (Å²) in [6.45, 7) is 1.19. The number of hydrazine groups is 1. The highest BCUT2D eigenvalue weighted by atomic mass is 16.5. The van der Waals surface area contributed by atoms with Crippen LogP contribution in [0.4, 0.5) is 0 Å². The van der Waals surface area contributed by atoms with Gasteiger partial charge in [0.1, 0.15) is 18.6 Å². The molecule has 1 aliphatic carbocycles. The molecule has 1 amide bonds. The van der Waals surface area contributed by atoms with Crippen molar-refractivity contribution in [2.75, 3.05) is 6.61 Å². The fourth-order valence-electron chi connectivity index (χ4n) is 1.27. The number of nitrogen functional groups attached to an aromatic ring is 1. The molecule has 5 nitrogen and oxygen atoms in total. The third-order valence-electron chi connectivity index (χ3n) is 2.34. The van der Waals surface area contributed by atoms with Crippen molar-refractivity contribution in [1.82, 2.24) is 5.43 Å². The quantitative estimate of drug-likeness (QED) is 0.428. The molecule has 1 aromatic rings. The van der Waals surface area contributed by atoms with Gasteiger partial charge in [-0.1, -0.05) is 0 Å². The van der Waals surface area contributed by atoms with Gasteiger partial charge < -0.3 is 9.15 Å². The van der Waals surface area contributed by atoms with Gasteiger partial charge in [-0.05, 0) is 24.8 Å². The smallest absolute Gasteiger partial charge is 0.268 e. The number of carbonyl (C=O) groups excluding carboxylic acids is 1. The Morgan fingerprint density at radius 2 is 2.47 bits per heavy atom. The lowest BCUT2D eigenvalue weighted by Gasteiger charge is -1.98. The normalized spacial score (nSPS) is 15.3. The summed E-state index contributed by atoms with van der Waals surface area (Å²) in [6.07, 6.45) is 3.90. The third kappa shape index (κ3) is 2.81. The number of carbonyl (C=O) groups is 1. The summed E-state index contributed by atoms with van der Waals surface area (Å²) in [5.74, 6) is 6.01. The van der Waals surface area contributed by atoms with Gasteiger partial charge in [0.2, 0.25) is 0 Å². The predicted molar refractivity (Wildman–Crippen MR) is 52.7 cm³/mol. The maximum absolute atomic E-state index is 11.1. The molecule has 0 bridgehead atoms. The molecule has 1 fully saturated rings. The summed E-state index contributed by atoms with van der Waals surface area (Å²) in [4.78, 5) is 11.1. The highest BCUT2D eigenvalue weighted by molar-refractivity contribution is 5.93. The zero-order chi connectivity index (χ0) is 10.7. The SMILES string of the molecule is NNC(=O)c1coc(COCC2CC2)c1. The van der Waals surface area contributed by atoms with E-state index in [0.717, 1.165) is 12.5 Å². The van der Waals surface area contributed by atoms with E-state index in [1.807, 2.05) is 5.43 Å². The van der Waals surface area contributed by atoms with Crippen LogP contribution in [0.3, 0.4) is 0 Å². The molecule has 0 spiro atoms. The van der Waals surface area contributed by atoms with Crippen LogP contribution in [0.2, 0.25) is 0 Å². The number of ether oxygens (including phenoxy) is 1. The van der Waals surface area contributed by atoms with Crippen molar-refractivity contribution in [3.05, 3.63) is 23.7 Å². The standard InChI is InChI=1S/C10H14N2O3/c11-12-10(13)8-3-9(15-5-8)6-14-4-7-1-2-7/h3,5,7H,1-2,4,6,11H2,(H,12,13). The molecular formula is C10H14N2O3. The zero-order valence-corrected chi connectivity index (χ0v) is 8.36. The van der Waals surface area contributed by atoms with Gasteiger partial charge in [-0.25, -0.2) is 5.84 Å². The second-order valence-electron chi connectivity index (χ2n) is 3.73. The Kier molecular flexibility index (Phi) is 3.03. The number of amides is 1. The molecule has 0 saturated heterocycles. The van der Waals surface area contributed by atoms with E-state index in [1.54, 1.807) is 6.07 Å². The van der Waals surface area contributed by atoms with E-state index in [0.29, 0.717) is 17.9 Å². The van der Waals surface area contributed by atoms with Gasteiger partial charge in [0, 0.05) is 6.61 Å². The van der Waals surface area contributed by atoms with Gasteiger partial charge in [0.25, 0.3) is 5.91 Å². The van der Waals surface area contributed by atoms with E-state index in [9.17, 15) is 4.79 Å². The van der Waals surface area contributed by atoms with Crippen molar-refractivity contribution < 1.29 is 13.9 Å². The van der Waals surface area contributed by atoms with Gasteiger partial charge in [0.05, 0.1) is 5.56 Å². The number of furan rings is 1. The fourth-order valence-corrected chi connectivity index (χ4v) is 1.27. The second-order valence-corrected chi connectivity index (χ2v) is 3.73. The molecule has 1 aromatic heterocycles. The molecule has 0 aromatic carbocycles. The first kappa shape index (κ1) is 10.2. The molecule has 1 heterocycles. The second kappa shape index (κ2) is 4.46. The molecule has 82 valence electrons. The van der Waals surface area contributed by atoms with Crippen molar-refractivity contribution in [2.24, 2.45) is 11.8 Å². The summed E-state index contributed by atoms with van der Waals surface area (Å²) >= 11 is 0. The van der Waals surface area contributed by atoms with Crippen molar-refractivity contribution in [3.63, 3.8) is 0 Å². The lowest BCUT2D eigenvalue weighted by molar-refractivity contribution is 0.0953. The van der Waals surface area contributed by atoms with Gasteiger partial charge in [-0.3, -0.25) is 10.2 Å². The van der Waals surface area contributed by atoms with E-state index in [-0.39, 0.29) is 5.91 Å². The zero-order valence-electron chi connectivity index (χ0n) is 8.36. The first-order valence-corrected chi connectivity index (χ1v) is 4.95. The maximum atomic E-state index is 11.1. The molecule has 15 heavy (non-hydrogen) atoms. The van der Waals surface area contributed by atoms with Crippen molar-refractivity contribution in [2.45, 2.75) is 19.4 Å². The van der Waals surface area contributed by atoms with Crippen molar-refractivity contribution >= 4 is 5.91 Å². The molecule has 0 aliphatic heterocycles. The van der Waals surface area contributed by atoms with E-state index in [4.69, 9.17) is 15.0 Å². The minimum atomic E-state index is -0.354. The summed E-state index contributed by atoms with van der Waals surface area (Å²) in [5, 5.41) is 0.